The molecule has 0 aliphatic heterocycles. The van der Waals surface area contributed by atoms with E-state index < -0.39 is 0 Å². The zero-order chi connectivity index (χ0) is 7.84. The number of rotatable bonds is 0. The van der Waals surface area contributed by atoms with Crippen LogP contribution in [-0.2, 0) is 19.5 Å². The van der Waals surface area contributed by atoms with Gasteiger partial charge in [0.2, 0.25) is 0 Å². The molecular formula is C8H6NS2Zn-. The second kappa shape index (κ2) is 3.86. The second-order valence-corrected chi connectivity index (χ2v) is 4.02. The second-order valence-electron chi connectivity index (χ2n) is 2.30. The third-order valence-electron chi connectivity index (χ3n) is 1.41. The molecule has 0 bridgehead atoms. The molecule has 1 nitrogen and oxygen atoms in total. The number of aromatic nitrogens is 1. The van der Waals surface area contributed by atoms with Gasteiger partial charge in [-0.15, -0.1) is 11.0 Å². The summed E-state index contributed by atoms with van der Waals surface area (Å²) in [6.45, 7) is 2.00. The van der Waals surface area contributed by atoms with Gasteiger partial charge in [0.25, 0.3) is 0 Å². The van der Waals surface area contributed by atoms with Gasteiger partial charge in [0.15, 0.2) is 0 Å². The van der Waals surface area contributed by atoms with Crippen LogP contribution < -0.4 is 0 Å². The van der Waals surface area contributed by atoms with Crippen molar-refractivity contribution in [1.82, 2.24) is 4.98 Å². The maximum absolute atomic E-state index is 4.32. The maximum atomic E-state index is 4.32. The van der Waals surface area contributed by atoms with Gasteiger partial charge in [0.1, 0.15) is 0 Å². The Bertz CT molecular complexity index is 397. The normalized spacial score (nSPS) is 9.83. The third-order valence-corrected chi connectivity index (χ3v) is 2.60. The molecule has 0 fully saturated rings. The number of benzene rings is 1. The van der Waals surface area contributed by atoms with Crippen LogP contribution in [0.4, 0.5) is 0 Å². The van der Waals surface area contributed by atoms with Crippen molar-refractivity contribution in [2.24, 2.45) is 0 Å². The van der Waals surface area contributed by atoms with Crippen LogP contribution in [0.1, 0.15) is 5.01 Å². The van der Waals surface area contributed by atoms with Crippen molar-refractivity contribution in [2.75, 3.05) is 0 Å². The fourth-order valence-electron chi connectivity index (χ4n) is 0.976. The number of thiol groups is 1. The molecule has 1 heterocycles. The van der Waals surface area contributed by atoms with Crippen molar-refractivity contribution < 1.29 is 19.5 Å². The predicted octanol–water partition coefficient (Wildman–Crippen LogP) is 2.69. The summed E-state index contributed by atoms with van der Waals surface area (Å²) in [4.78, 5) is 5.17. The first-order chi connectivity index (χ1) is 5.25. The number of fused-ring (bicyclic) bond motifs is 1. The Labute approximate surface area is 93.4 Å². The molecule has 1 aromatic carbocycles. The molecule has 0 N–H and O–H groups in total. The van der Waals surface area contributed by atoms with Gasteiger partial charge in [-0.3, -0.25) is 4.98 Å². The van der Waals surface area contributed by atoms with Crippen LogP contribution in [0.25, 0.3) is 10.2 Å². The fraction of sp³-hybridized carbons (Fsp3) is 0.125. The number of hydrogen-bond acceptors (Lipinski definition) is 3. The average molecular weight is 246 g/mol. The summed E-state index contributed by atoms with van der Waals surface area (Å²) in [6, 6.07) is 6.89. The zero-order valence-corrected chi connectivity index (χ0v) is 11.3. The van der Waals surface area contributed by atoms with Gasteiger partial charge in [-0.25, -0.2) is 0 Å². The zero-order valence-electron chi connectivity index (χ0n) is 6.66. The van der Waals surface area contributed by atoms with Gasteiger partial charge in [0, 0.05) is 19.5 Å². The summed E-state index contributed by atoms with van der Waals surface area (Å²) in [5.41, 5.74) is 1.02. The summed E-state index contributed by atoms with van der Waals surface area (Å²) in [5.74, 6) is 0. The molecule has 12 heavy (non-hydrogen) atoms. The predicted molar refractivity (Wildman–Crippen MR) is 50.4 cm³/mol. The van der Waals surface area contributed by atoms with Crippen molar-refractivity contribution in [1.29, 1.82) is 0 Å². The molecule has 2 aromatic rings. The van der Waals surface area contributed by atoms with Gasteiger partial charge in [-0.2, -0.15) is 36.1 Å². The van der Waals surface area contributed by atoms with Crippen LogP contribution in [0.15, 0.2) is 17.0 Å². The molecule has 0 unspecified atom stereocenters. The molecule has 1 aromatic heterocycles. The van der Waals surface area contributed by atoms with Crippen LogP contribution in [0.3, 0.4) is 0 Å². The molecule has 4 heteroatoms. The first kappa shape index (κ1) is 10.2. The molecule has 0 atom stereocenters. The molecule has 2 rings (SSSR count). The van der Waals surface area contributed by atoms with Gasteiger partial charge in [-0.05, 0) is 12.4 Å². The summed E-state index contributed by atoms with van der Waals surface area (Å²) in [7, 11) is 0. The van der Waals surface area contributed by atoms with Crippen LogP contribution in [0.5, 0.6) is 0 Å². The van der Waals surface area contributed by atoms with E-state index in [0.717, 1.165) is 15.4 Å². The van der Waals surface area contributed by atoms with Gasteiger partial charge < -0.3 is 0 Å². The average Bonchev–Trinajstić information content (AvgIpc) is 2.27. The first-order valence-corrected chi connectivity index (χ1v) is 4.50. The Hall–Kier alpha value is 0.0834. The monoisotopic (exact) mass is 244 g/mol. The van der Waals surface area contributed by atoms with Crippen LogP contribution in [-0.4, -0.2) is 4.98 Å². The standard InChI is InChI=1S/C8H6NS2.Zn/c1-5-9-7-4-6(10)2-3-8(7)11-5;/h3-4,10H,1H3;/q-1;. The molecule has 0 aliphatic carbocycles. The number of thiazole rings is 1. The maximum Gasteiger partial charge on any atom is 0.0761 e. The molecule has 0 amide bonds. The van der Waals surface area contributed by atoms with Crippen molar-refractivity contribution in [2.45, 2.75) is 11.8 Å². The number of aryl methyl sites for hydroxylation is 1. The third kappa shape index (κ3) is 1.87. The summed E-state index contributed by atoms with van der Waals surface area (Å²) in [5, 5.41) is 1.09. The molecule has 0 spiro atoms. The molecule has 58 valence electrons. The van der Waals surface area contributed by atoms with Crippen molar-refractivity contribution in [3.05, 3.63) is 23.2 Å². The van der Waals surface area contributed by atoms with E-state index in [1.165, 1.54) is 4.70 Å². The van der Waals surface area contributed by atoms with Crippen LogP contribution >= 0.6 is 24.0 Å². The van der Waals surface area contributed by atoms with Gasteiger partial charge >= 0.3 is 0 Å². The van der Waals surface area contributed by atoms with Crippen molar-refractivity contribution in [3.63, 3.8) is 0 Å². The van der Waals surface area contributed by atoms with Gasteiger partial charge in [-0.1, -0.05) is 4.70 Å². The molecule has 0 saturated heterocycles. The van der Waals surface area contributed by atoms with Crippen LogP contribution in [0.2, 0.25) is 0 Å². The van der Waals surface area contributed by atoms with E-state index in [-0.39, 0.29) is 19.5 Å². The Morgan fingerprint density at radius 1 is 1.58 bits per heavy atom. The molecule has 0 saturated carbocycles. The Morgan fingerprint density at radius 2 is 2.33 bits per heavy atom. The largest absolute Gasteiger partial charge is 0.269 e. The summed E-state index contributed by atoms with van der Waals surface area (Å²) in [6.07, 6.45) is 0. The van der Waals surface area contributed by atoms with E-state index in [1.807, 2.05) is 19.1 Å². The Morgan fingerprint density at radius 3 is 3.08 bits per heavy atom. The minimum Gasteiger partial charge on any atom is -0.269 e. The van der Waals surface area contributed by atoms with Crippen molar-refractivity contribution >= 4 is 34.2 Å². The van der Waals surface area contributed by atoms with Crippen molar-refractivity contribution in [3.8, 4) is 0 Å². The Balaban J connectivity index is 0.000000720. The number of hydrogen-bond donors (Lipinski definition) is 1. The minimum absolute atomic E-state index is 0. The topological polar surface area (TPSA) is 12.9 Å². The van der Waals surface area contributed by atoms with Crippen LogP contribution in [0, 0.1) is 13.0 Å². The number of nitrogens with zero attached hydrogens (tertiary/aromatic N) is 1. The summed E-state index contributed by atoms with van der Waals surface area (Å²) < 4.78 is 1.18. The van der Waals surface area contributed by atoms with E-state index >= 15 is 0 Å². The van der Waals surface area contributed by atoms with E-state index in [9.17, 15) is 0 Å². The smallest absolute Gasteiger partial charge is 0.0761 e. The SMILES string of the molecule is Cc1nc2cc(S)[c-]cc2s1.[Zn]. The van der Waals surface area contributed by atoms with Gasteiger partial charge in [0.05, 0.1) is 5.01 Å². The Kier molecular flexibility index (Phi) is 3.27. The molecule has 0 aliphatic rings. The van der Waals surface area contributed by atoms with E-state index in [2.05, 4.69) is 23.7 Å². The molecule has 0 radical (unpaired) electrons. The summed E-state index contributed by atoms with van der Waals surface area (Å²) >= 11 is 5.86. The van der Waals surface area contributed by atoms with E-state index in [4.69, 9.17) is 0 Å². The first-order valence-electron chi connectivity index (χ1n) is 3.23. The quantitative estimate of drug-likeness (QED) is 0.428. The van der Waals surface area contributed by atoms with E-state index in [1.54, 1.807) is 11.3 Å². The fourth-order valence-corrected chi connectivity index (χ4v) is 1.95. The van der Waals surface area contributed by atoms with E-state index in [0.29, 0.717) is 0 Å². The molecular weight excluding hydrogens is 240 g/mol. The minimum atomic E-state index is 0.